The van der Waals surface area contributed by atoms with Crippen molar-refractivity contribution < 1.29 is 4.79 Å². The monoisotopic (exact) mass is 394 g/mol. The summed E-state index contributed by atoms with van der Waals surface area (Å²) in [6, 6.07) is 6.91. The highest BCUT2D eigenvalue weighted by molar-refractivity contribution is 5.75. The van der Waals surface area contributed by atoms with E-state index in [1.54, 1.807) is 6.20 Å². The molecule has 0 unspecified atom stereocenters. The second kappa shape index (κ2) is 8.05. The van der Waals surface area contributed by atoms with Gasteiger partial charge in [0.2, 0.25) is 0 Å². The second-order valence-corrected chi connectivity index (χ2v) is 8.64. The van der Waals surface area contributed by atoms with E-state index in [1.165, 1.54) is 44.2 Å². The molecule has 1 aliphatic carbocycles. The van der Waals surface area contributed by atoms with Crippen LogP contribution in [-0.4, -0.2) is 45.1 Å². The number of amides is 2. The molecule has 1 saturated heterocycles. The summed E-state index contributed by atoms with van der Waals surface area (Å²) in [6.45, 7) is 3.34. The van der Waals surface area contributed by atoms with E-state index in [1.807, 2.05) is 9.58 Å². The van der Waals surface area contributed by atoms with Crippen LogP contribution in [-0.2, 0) is 13.1 Å². The van der Waals surface area contributed by atoms with Crippen molar-refractivity contribution in [3.8, 4) is 5.69 Å². The predicted molar refractivity (Wildman–Crippen MR) is 112 cm³/mol. The summed E-state index contributed by atoms with van der Waals surface area (Å²) in [6.07, 6.45) is 11.5. The van der Waals surface area contributed by atoms with Gasteiger partial charge in [0.05, 0.1) is 30.7 Å². The summed E-state index contributed by atoms with van der Waals surface area (Å²) in [4.78, 5) is 17.5. The molecule has 1 N–H and O–H groups in total. The van der Waals surface area contributed by atoms with Crippen molar-refractivity contribution in [3.63, 3.8) is 0 Å². The Morgan fingerprint density at radius 1 is 1.00 bits per heavy atom. The normalized spacial score (nSPS) is 20.0. The van der Waals surface area contributed by atoms with E-state index in [2.05, 4.69) is 38.7 Å². The highest BCUT2D eigenvalue weighted by atomic mass is 16.2. The van der Waals surface area contributed by atoms with Gasteiger partial charge in [-0.2, -0.15) is 0 Å². The molecule has 154 valence electrons. The van der Waals surface area contributed by atoms with Crippen LogP contribution in [0.4, 0.5) is 10.5 Å². The molecule has 1 aromatic carbocycles. The van der Waals surface area contributed by atoms with Crippen LogP contribution in [0.5, 0.6) is 0 Å². The van der Waals surface area contributed by atoms with Crippen molar-refractivity contribution in [2.45, 2.75) is 70.5 Å². The molecule has 7 nitrogen and oxygen atoms in total. The van der Waals surface area contributed by atoms with Gasteiger partial charge in [-0.1, -0.05) is 24.5 Å². The van der Waals surface area contributed by atoms with Crippen LogP contribution in [0.3, 0.4) is 0 Å². The number of piperidine rings is 1. The van der Waals surface area contributed by atoms with Crippen molar-refractivity contribution in [3.05, 3.63) is 35.7 Å². The minimum atomic E-state index is 0.0286. The van der Waals surface area contributed by atoms with Crippen molar-refractivity contribution in [2.24, 2.45) is 0 Å². The van der Waals surface area contributed by atoms with Crippen molar-refractivity contribution in [1.29, 1.82) is 0 Å². The summed E-state index contributed by atoms with van der Waals surface area (Å²) in [5, 5.41) is 11.7. The average Bonchev–Trinajstić information content (AvgIpc) is 3.16. The molecule has 0 atom stereocenters. The number of fused-ring (bicyclic) bond motifs is 3. The number of carbonyl (C=O) groups excluding carboxylic acids is 1. The number of nitrogens with one attached hydrogen (secondary N) is 1. The second-order valence-electron chi connectivity index (χ2n) is 8.64. The lowest BCUT2D eigenvalue weighted by Crippen LogP contribution is -2.44. The Morgan fingerprint density at radius 2 is 1.79 bits per heavy atom. The fourth-order valence-corrected chi connectivity index (χ4v) is 4.93. The molecular weight excluding hydrogens is 364 g/mol. The number of rotatable bonds is 2. The van der Waals surface area contributed by atoms with Gasteiger partial charge in [-0.25, -0.2) is 9.48 Å². The lowest BCUT2D eigenvalue weighted by atomic mass is 9.96. The lowest BCUT2D eigenvalue weighted by molar-refractivity contribution is 0.184. The van der Waals surface area contributed by atoms with Crippen LogP contribution in [0.1, 0.15) is 62.6 Å². The molecule has 1 aromatic heterocycles. The molecular formula is C22H30N6O. The zero-order valence-corrected chi connectivity index (χ0v) is 17.0. The topological polar surface area (TPSA) is 66.3 Å². The minimum Gasteiger partial charge on any atom is -0.372 e. The first-order valence-electron chi connectivity index (χ1n) is 11.1. The summed E-state index contributed by atoms with van der Waals surface area (Å²) in [7, 11) is 0. The van der Waals surface area contributed by atoms with Gasteiger partial charge in [0.25, 0.3) is 0 Å². The lowest BCUT2D eigenvalue weighted by Gasteiger charge is -2.30. The number of carbonyl (C=O) groups is 1. The summed E-state index contributed by atoms with van der Waals surface area (Å²) in [5.74, 6) is 0. The van der Waals surface area contributed by atoms with E-state index in [-0.39, 0.29) is 6.03 Å². The number of benzene rings is 1. The predicted octanol–water partition coefficient (Wildman–Crippen LogP) is 3.62. The molecule has 0 bridgehead atoms. The third-order valence-corrected chi connectivity index (χ3v) is 6.57. The van der Waals surface area contributed by atoms with Crippen LogP contribution < -0.4 is 10.2 Å². The maximum Gasteiger partial charge on any atom is 0.318 e. The van der Waals surface area contributed by atoms with Crippen molar-refractivity contribution in [2.75, 3.05) is 18.0 Å². The first-order valence-corrected chi connectivity index (χ1v) is 11.1. The fourth-order valence-electron chi connectivity index (χ4n) is 4.93. The van der Waals surface area contributed by atoms with Crippen molar-refractivity contribution in [1.82, 2.24) is 25.2 Å². The number of nitrogens with zero attached hydrogens (tertiary/aromatic N) is 5. The van der Waals surface area contributed by atoms with Gasteiger partial charge in [0.15, 0.2) is 0 Å². The van der Waals surface area contributed by atoms with Crippen LogP contribution >= 0.6 is 0 Å². The number of urea groups is 1. The molecule has 1 saturated carbocycles. The Hall–Kier alpha value is -2.57. The molecule has 5 rings (SSSR count). The van der Waals surface area contributed by atoms with Gasteiger partial charge < -0.3 is 15.1 Å². The van der Waals surface area contributed by atoms with Crippen LogP contribution in [0.25, 0.3) is 5.69 Å². The van der Waals surface area contributed by atoms with Gasteiger partial charge in [-0.3, -0.25) is 0 Å². The van der Waals surface area contributed by atoms with E-state index >= 15 is 0 Å². The number of hydrogen-bond acceptors (Lipinski definition) is 4. The van der Waals surface area contributed by atoms with Crippen LogP contribution in [0.15, 0.2) is 24.4 Å². The zero-order chi connectivity index (χ0) is 19.6. The number of hydrogen-bond donors (Lipinski definition) is 1. The molecule has 2 fully saturated rings. The third kappa shape index (κ3) is 3.82. The van der Waals surface area contributed by atoms with Crippen LogP contribution in [0, 0.1) is 0 Å². The number of aromatic nitrogens is 3. The van der Waals surface area contributed by atoms with Gasteiger partial charge >= 0.3 is 6.03 Å². The Morgan fingerprint density at radius 3 is 2.62 bits per heavy atom. The summed E-state index contributed by atoms with van der Waals surface area (Å²) in [5.41, 5.74) is 4.37. The number of anilines is 1. The third-order valence-electron chi connectivity index (χ3n) is 6.57. The maximum absolute atomic E-state index is 13.1. The SMILES string of the molecule is O=C(NC1CCCCC1)N1Cc2cc(N3CCCCC3)ccc2-n2nncc2C1. The zero-order valence-electron chi connectivity index (χ0n) is 17.0. The highest BCUT2D eigenvalue weighted by Gasteiger charge is 2.26. The molecule has 3 aliphatic rings. The molecule has 3 heterocycles. The standard InChI is InChI=1S/C22H30N6O/c29-22(24-18-7-3-1-4-8-18)27-15-17-13-19(26-11-5-2-6-12-26)9-10-21(17)28-20(16-27)14-23-25-28/h9-10,13-14,18H,1-8,11-12,15-16H2,(H,24,29). The maximum atomic E-state index is 13.1. The Kier molecular flexibility index (Phi) is 5.12. The van der Waals surface area contributed by atoms with Crippen LogP contribution in [0.2, 0.25) is 0 Å². The molecule has 0 spiro atoms. The molecule has 7 heteroatoms. The van der Waals surface area contributed by atoms with Gasteiger partial charge in [0, 0.05) is 24.8 Å². The molecule has 2 amide bonds. The summed E-state index contributed by atoms with van der Waals surface area (Å²) >= 11 is 0. The van der Waals surface area contributed by atoms with Gasteiger partial charge in [-0.15, -0.1) is 5.10 Å². The Labute approximate surface area is 172 Å². The first-order chi connectivity index (χ1) is 14.3. The molecule has 2 aromatic rings. The van der Waals surface area contributed by atoms with E-state index in [4.69, 9.17) is 0 Å². The highest BCUT2D eigenvalue weighted by Crippen LogP contribution is 2.29. The quantitative estimate of drug-likeness (QED) is 0.845. The Balaban J connectivity index is 1.42. The summed E-state index contributed by atoms with van der Waals surface area (Å²) < 4.78 is 1.89. The first kappa shape index (κ1) is 18.5. The largest absolute Gasteiger partial charge is 0.372 e. The van der Waals surface area contributed by atoms with E-state index in [0.29, 0.717) is 19.1 Å². The van der Waals surface area contributed by atoms with Gasteiger partial charge in [0.1, 0.15) is 0 Å². The van der Waals surface area contributed by atoms with Gasteiger partial charge in [-0.05, 0) is 55.9 Å². The van der Waals surface area contributed by atoms with Crippen molar-refractivity contribution >= 4 is 11.7 Å². The van der Waals surface area contributed by atoms with E-state index in [9.17, 15) is 4.79 Å². The smallest absolute Gasteiger partial charge is 0.318 e. The molecule has 29 heavy (non-hydrogen) atoms. The molecule has 2 aliphatic heterocycles. The van der Waals surface area contributed by atoms with E-state index < -0.39 is 0 Å². The molecule has 0 radical (unpaired) electrons. The van der Waals surface area contributed by atoms with E-state index in [0.717, 1.165) is 42.9 Å². The Bertz CT molecular complexity index is 866. The average molecular weight is 395 g/mol. The minimum absolute atomic E-state index is 0.0286. The fraction of sp³-hybridized carbons (Fsp3) is 0.591.